The Morgan fingerprint density at radius 1 is 1.41 bits per heavy atom. The minimum absolute atomic E-state index is 0.0251. The lowest BCUT2D eigenvalue weighted by atomic mass is 10.1. The zero-order valence-electron chi connectivity index (χ0n) is 9.51. The molecule has 0 aliphatic heterocycles. The Bertz CT molecular complexity index is 554. The van der Waals surface area contributed by atoms with E-state index in [4.69, 9.17) is 0 Å². The summed E-state index contributed by atoms with van der Waals surface area (Å²) in [4.78, 5) is 14.6. The number of rotatable bonds is 4. The van der Waals surface area contributed by atoms with Crippen molar-refractivity contribution >= 4 is 22.3 Å². The summed E-state index contributed by atoms with van der Waals surface area (Å²) in [7, 11) is 0. The molecule has 5 heteroatoms. The van der Waals surface area contributed by atoms with Crippen LogP contribution in [0.25, 0.3) is 10.9 Å². The first-order chi connectivity index (χ1) is 8.24. The molecular weight excluding hydrogens is 218 g/mol. The van der Waals surface area contributed by atoms with Gasteiger partial charge in [-0.15, -0.1) is 0 Å². The Hall–Kier alpha value is -2.17. The predicted molar refractivity (Wildman–Crippen MR) is 67.2 cm³/mol. The van der Waals surface area contributed by atoms with E-state index in [1.165, 1.54) is 6.20 Å². The standard InChI is InChI=1S/C12H13N3O2/c1-2-7-13-12-9-5-3-4-6-10(9)14-8-11(12)15(16)17/h3-6,8H,2,7H2,1H3,(H,13,14). The Morgan fingerprint density at radius 2 is 2.18 bits per heavy atom. The van der Waals surface area contributed by atoms with Gasteiger partial charge < -0.3 is 5.32 Å². The van der Waals surface area contributed by atoms with Gasteiger partial charge >= 0.3 is 5.69 Å². The van der Waals surface area contributed by atoms with Crippen LogP contribution in [-0.4, -0.2) is 16.5 Å². The van der Waals surface area contributed by atoms with Gasteiger partial charge in [0.15, 0.2) is 0 Å². The molecule has 0 saturated heterocycles. The van der Waals surface area contributed by atoms with Crippen molar-refractivity contribution in [1.82, 2.24) is 4.98 Å². The number of pyridine rings is 1. The first kappa shape index (κ1) is 11.3. The molecule has 0 radical (unpaired) electrons. The molecule has 88 valence electrons. The van der Waals surface area contributed by atoms with Crippen LogP contribution in [0, 0.1) is 10.1 Å². The highest BCUT2D eigenvalue weighted by Crippen LogP contribution is 2.31. The quantitative estimate of drug-likeness (QED) is 0.648. The van der Waals surface area contributed by atoms with Crippen LogP contribution in [-0.2, 0) is 0 Å². The van der Waals surface area contributed by atoms with E-state index in [0.717, 1.165) is 17.3 Å². The van der Waals surface area contributed by atoms with Gasteiger partial charge in [-0.05, 0) is 12.5 Å². The number of hydrogen-bond acceptors (Lipinski definition) is 4. The number of benzene rings is 1. The Kier molecular flexibility index (Phi) is 3.18. The third kappa shape index (κ3) is 2.18. The molecule has 2 aromatic rings. The van der Waals surface area contributed by atoms with Crippen molar-refractivity contribution in [2.45, 2.75) is 13.3 Å². The Morgan fingerprint density at radius 3 is 2.88 bits per heavy atom. The molecule has 0 aliphatic carbocycles. The van der Waals surface area contributed by atoms with Crippen LogP contribution in [0.15, 0.2) is 30.5 Å². The maximum atomic E-state index is 11.0. The van der Waals surface area contributed by atoms with Crippen molar-refractivity contribution < 1.29 is 4.92 Å². The number of anilines is 1. The number of para-hydroxylation sites is 1. The van der Waals surface area contributed by atoms with Gasteiger partial charge in [0.1, 0.15) is 11.9 Å². The van der Waals surface area contributed by atoms with Crippen LogP contribution < -0.4 is 5.32 Å². The van der Waals surface area contributed by atoms with E-state index in [1.54, 1.807) is 0 Å². The molecule has 1 N–H and O–H groups in total. The lowest BCUT2D eigenvalue weighted by Crippen LogP contribution is -2.04. The van der Waals surface area contributed by atoms with Crippen molar-refractivity contribution in [1.29, 1.82) is 0 Å². The van der Waals surface area contributed by atoms with Crippen LogP contribution in [0.4, 0.5) is 11.4 Å². The molecule has 0 spiro atoms. The third-order valence-electron chi connectivity index (χ3n) is 2.50. The van der Waals surface area contributed by atoms with Gasteiger partial charge in [-0.3, -0.25) is 10.1 Å². The predicted octanol–water partition coefficient (Wildman–Crippen LogP) is 2.96. The number of nitrogens with one attached hydrogen (secondary N) is 1. The van der Waals surface area contributed by atoms with Gasteiger partial charge in [0.05, 0.1) is 10.4 Å². The topological polar surface area (TPSA) is 68.1 Å². The molecule has 0 bridgehead atoms. The molecule has 0 amide bonds. The van der Waals surface area contributed by atoms with Gasteiger partial charge in [0.25, 0.3) is 0 Å². The molecule has 0 aliphatic rings. The zero-order chi connectivity index (χ0) is 12.3. The van der Waals surface area contributed by atoms with E-state index >= 15 is 0 Å². The lowest BCUT2D eigenvalue weighted by molar-refractivity contribution is -0.384. The molecule has 5 nitrogen and oxygen atoms in total. The Balaban J connectivity index is 2.61. The summed E-state index contributed by atoms with van der Waals surface area (Å²) in [6, 6.07) is 7.40. The highest BCUT2D eigenvalue weighted by atomic mass is 16.6. The van der Waals surface area contributed by atoms with Crippen LogP contribution in [0.2, 0.25) is 0 Å². The van der Waals surface area contributed by atoms with Gasteiger partial charge in [0.2, 0.25) is 0 Å². The average molecular weight is 231 g/mol. The van der Waals surface area contributed by atoms with Crippen LogP contribution >= 0.6 is 0 Å². The first-order valence-electron chi connectivity index (χ1n) is 5.50. The molecule has 0 fully saturated rings. The first-order valence-corrected chi connectivity index (χ1v) is 5.50. The summed E-state index contributed by atoms with van der Waals surface area (Å²) in [5.74, 6) is 0. The van der Waals surface area contributed by atoms with E-state index in [0.29, 0.717) is 12.2 Å². The molecule has 17 heavy (non-hydrogen) atoms. The van der Waals surface area contributed by atoms with E-state index in [2.05, 4.69) is 10.3 Å². The van der Waals surface area contributed by atoms with E-state index in [-0.39, 0.29) is 5.69 Å². The number of fused-ring (bicyclic) bond motifs is 1. The minimum atomic E-state index is -0.405. The molecule has 1 heterocycles. The Labute approximate surface area is 98.6 Å². The van der Waals surface area contributed by atoms with Gasteiger partial charge in [-0.2, -0.15) is 0 Å². The van der Waals surface area contributed by atoms with Gasteiger partial charge in [-0.25, -0.2) is 4.98 Å². The summed E-state index contributed by atoms with van der Waals surface area (Å²) < 4.78 is 0. The summed E-state index contributed by atoms with van der Waals surface area (Å²) in [5.41, 5.74) is 1.34. The number of nitrogens with zero attached hydrogens (tertiary/aromatic N) is 2. The van der Waals surface area contributed by atoms with E-state index in [9.17, 15) is 10.1 Å². The van der Waals surface area contributed by atoms with Crippen LogP contribution in [0.1, 0.15) is 13.3 Å². The van der Waals surface area contributed by atoms with E-state index in [1.807, 2.05) is 31.2 Å². The third-order valence-corrected chi connectivity index (χ3v) is 2.50. The molecule has 1 aromatic heterocycles. The normalized spacial score (nSPS) is 10.4. The molecule has 2 rings (SSSR count). The minimum Gasteiger partial charge on any atom is -0.379 e. The van der Waals surface area contributed by atoms with Crippen molar-refractivity contribution in [2.75, 3.05) is 11.9 Å². The monoisotopic (exact) mass is 231 g/mol. The number of nitro groups is 1. The van der Waals surface area contributed by atoms with Gasteiger partial charge in [0, 0.05) is 11.9 Å². The van der Waals surface area contributed by atoms with Crippen LogP contribution in [0.3, 0.4) is 0 Å². The largest absolute Gasteiger partial charge is 0.379 e. The smallest absolute Gasteiger partial charge is 0.311 e. The lowest BCUT2D eigenvalue weighted by Gasteiger charge is -2.08. The molecule has 0 unspecified atom stereocenters. The van der Waals surface area contributed by atoms with Crippen molar-refractivity contribution in [3.8, 4) is 0 Å². The zero-order valence-corrected chi connectivity index (χ0v) is 9.51. The van der Waals surface area contributed by atoms with Crippen molar-refractivity contribution in [3.63, 3.8) is 0 Å². The fourth-order valence-corrected chi connectivity index (χ4v) is 1.71. The van der Waals surface area contributed by atoms with Crippen molar-refractivity contribution in [2.24, 2.45) is 0 Å². The molecule has 0 saturated carbocycles. The highest BCUT2D eigenvalue weighted by Gasteiger charge is 2.16. The number of aromatic nitrogens is 1. The number of hydrogen-bond donors (Lipinski definition) is 1. The summed E-state index contributed by atoms with van der Waals surface area (Å²) >= 11 is 0. The second-order valence-electron chi connectivity index (χ2n) is 3.72. The van der Waals surface area contributed by atoms with Crippen LogP contribution in [0.5, 0.6) is 0 Å². The molecular formula is C12H13N3O2. The molecule has 0 atom stereocenters. The second-order valence-corrected chi connectivity index (χ2v) is 3.72. The van der Waals surface area contributed by atoms with Gasteiger partial charge in [-0.1, -0.05) is 25.1 Å². The second kappa shape index (κ2) is 4.78. The highest BCUT2D eigenvalue weighted by molar-refractivity contribution is 5.95. The summed E-state index contributed by atoms with van der Waals surface area (Å²) in [6.07, 6.45) is 2.22. The fraction of sp³-hybridized carbons (Fsp3) is 0.250. The van der Waals surface area contributed by atoms with E-state index < -0.39 is 4.92 Å². The maximum absolute atomic E-state index is 11.0. The van der Waals surface area contributed by atoms with Crippen molar-refractivity contribution in [3.05, 3.63) is 40.6 Å². The molecule has 1 aromatic carbocycles. The maximum Gasteiger partial charge on any atom is 0.311 e. The average Bonchev–Trinajstić information content (AvgIpc) is 2.35. The summed E-state index contributed by atoms with van der Waals surface area (Å²) in [6.45, 7) is 2.72. The summed E-state index contributed by atoms with van der Waals surface area (Å²) in [5, 5.41) is 14.8. The SMILES string of the molecule is CCCNc1c([N+](=O)[O-])cnc2ccccc12. The fourth-order valence-electron chi connectivity index (χ4n) is 1.71.